The Bertz CT molecular complexity index is 1020. The SMILES string of the molecule is CN([C@H](C(=O)N1CCN(c2cccc(C(F)(F)F)c2)CC1)c1ccccc1)S(C)(=O)=O. The van der Waals surface area contributed by atoms with Crippen LogP contribution >= 0.6 is 0 Å². The lowest BCUT2D eigenvalue weighted by molar-refractivity contribution is -0.137. The van der Waals surface area contributed by atoms with Crippen LogP contribution in [0.3, 0.4) is 0 Å². The maximum absolute atomic E-state index is 13.3. The van der Waals surface area contributed by atoms with Crippen LogP contribution in [0.1, 0.15) is 17.2 Å². The van der Waals surface area contributed by atoms with E-state index in [4.69, 9.17) is 0 Å². The van der Waals surface area contributed by atoms with E-state index in [1.807, 2.05) is 0 Å². The molecule has 1 heterocycles. The monoisotopic (exact) mass is 455 g/mol. The third-order valence-corrected chi connectivity index (χ3v) is 6.62. The van der Waals surface area contributed by atoms with Crippen LogP contribution in [-0.2, 0) is 21.0 Å². The molecule has 1 aliphatic heterocycles. The van der Waals surface area contributed by atoms with E-state index in [1.165, 1.54) is 13.1 Å². The number of carbonyl (C=O) groups is 1. The van der Waals surface area contributed by atoms with Crippen molar-refractivity contribution in [3.8, 4) is 0 Å². The number of hydrogen-bond donors (Lipinski definition) is 0. The second kappa shape index (κ2) is 8.88. The molecule has 31 heavy (non-hydrogen) atoms. The summed E-state index contributed by atoms with van der Waals surface area (Å²) in [6, 6.07) is 12.7. The molecule has 0 spiro atoms. The maximum Gasteiger partial charge on any atom is 0.416 e. The Hall–Kier alpha value is -2.59. The summed E-state index contributed by atoms with van der Waals surface area (Å²) >= 11 is 0. The molecule has 168 valence electrons. The number of nitrogens with zero attached hydrogens (tertiary/aromatic N) is 3. The molecule has 1 saturated heterocycles. The zero-order chi connectivity index (χ0) is 22.8. The van der Waals surface area contributed by atoms with E-state index in [9.17, 15) is 26.4 Å². The molecule has 0 unspecified atom stereocenters. The molecule has 1 aliphatic rings. The molecule has 1 atom stereocenters. The molecular formula is C21H24F3N3O3S. The van der Waals surface area contributed by atoms with E-state index in [1.54, 1.807) is 46.2 Å². The van der Waals surface area contributed by atoms with Crippen LogP contribution < -0.4 is 4.90 Å². The minimum absolute atomic E-state index is 0.274. The summed E-state index contributed by atoms with van der Waals surface area (Å²) in [6.45, 7) is 1.24. The van der Waals surface area contributed by atoms with Gasteiger partial charge in [-0.15, -0.1) is 0 Å². The smallest absolute Gasteiger partial charge is 0.368 e. The van der Waals surface area contributed by atoms with Crippen molar-refractivity contribution in [2.45, 2.75) is 12.2 Å². The minimum atomic E-state index is -4.42. The number of likely N-dealkylation sites (N-methyl/N-ethyl adjacent to an activating group) is 1. The van der Waals surface area contributed by atoms with Crippen LogP contribution in [0, 0.1) is 0 Å². The van der Waals surface area contributed by atoms with E-state index >= 15 is 0 Å². The number of benzene rings is 2. The van der Waals surface area contributed by atoms with Crippen molar-refractivity contribution in [2.75, 3.05) is 44.4 Å². The van der Waals surface area contributed by atoms with Gasteiger partial charge in [0.1, 0.15) is 6.04 Å². The van der Waals surface area contributed by atoms with Gasteiger partial charge in [-0.25, -0.2) is 8.42 Å². The second-order valence-corrected chi connectivity index (χ2v) is 9.49. The number of hydrogen-bond acceptors (Lipinski definition) is 4. The predicted molar refractivity (Wildman–Crippen MR) is 112 cm³/mol. The van der Waals surface area contributed by atoms with E-state index < -0.39 is 27.8 Å². The molecule has 2 aromatic carbocycles. The van der Waals surface area contributed by atoms with Crippen molar-refractivity contribution in [1.29, 1.82) is 0 Å². The highest BCUT2D eigenvalue weighted by Gasteiger charge is 2.35. The highest BCUT2D eigenvalue weighted by atomic mass is 32.2. The van der Waals surface area contributed by atoms with E-state index in [-0.39, 0.29) is 19.0 Å². The van der Waals surface area contributed by atoms with Gasteiger partial charge in [0.25, 0.3) is 0 Å². The first-order valence-electron chi connectivity index (χ1n) is 9.67. The summed E-state index contributed by atoms with van der Waals surface area (Å²) in [4.78, 5) is 16.6. The van der Waals surface area contributed by atoms with Gasteiger partial charge in [0.05, 0.1) is 11.8 Å². The van der Waals surface area contributed by atoms with Crippen LogP contribution in [0.15, 0.2) is 54.6 Å². The van der Waals surface area contributed by atoms with Gasteiger partial charge < -0.3 is 9.80 Å². The van der Waals surface area contributed by atoms with Crippen molar-refractivity contribution >= 4 is 21.6 Å². The summed E-state index contributed by atoms with van der Waals surface area (Å²) in [6.07, 6.45) is -3.38. The number of sulfonamides is 1. The molecule has 0 aromatic heterocycles. The Balaban J connectivity index is 1.76. The molecule has 3 rings (SSSR count). The Kier molecular flexibility index (Phi) is 6.61. The van der Waals surface area contributed by atoms with E-state index in [0.29, 0.717) is 24.3 Å². The highest BCUT2D eigenvalue weighted by Crippen LogP contribution is 2.32. The first-order chi connectivity index (χ1) is 14.5. The van der Waals surface area contributed by atoms with Gasteiger partial charge in [-0.3, -0.25) is 4.79 Å². The van der Waals surface area contributed by atoms with Gasteiger partial charge in [-0.1, -0.05) is 36.4 Å². The summed E-state index contributed by atoms with van der Waals surface area (Å²) in [7, 11) is -2.27. The number of rotatable bonds is 5. The number of piperazine rings is 1. The van der Waals surface area contributed by atoms with Crippen molar-refractivity contribution in [1.82, 2.24) is 9.21 Å². The third kappa shape index (κ3) is 5.37. The summed E-state index contributed by atoms with van der Waals surface area (Å²) in [5.74, 6) is -0.359. The first-order valence-corrected chi connectivity index (χ1v) is 11.5. The average molecular weight is 456 g/mol. The van der Waals surface area contributed by atoms with Gasteiger partial charge in [-0.05, 0) is 23.8 Å². The molecule has 10 heteroatoms. The summed E-state index contributed by atoms with van der Waals surface area (Å²) in [5, 5.41) is 0. The number of carbonyl (C=O) groups excluding carboxylic acids is 1. The molecule has 0 N–H and O–H groups in total. The fourth-order valence-electron chi connectivity index (χ4n) is 3.57. The normalized spacial score (nSPS) is 16.5. The molecule has 1 fully saturated rings. The number of anilines is 1. The molecule has 2 aromatic rings. The van der Waals surface area contributed by atoms with Gasteiger partial charge in [0.2, 0.25) is 15.9 Å². The largest absolute Gasteiger partial charge is 0.416 e. The molecule has 0 bridgehead atoms. The molecule has 0 radical (unpaired) electrons. The van der Waals surface area contributed by atoms with E-state index in [2.05, 4.69) is 0 Å². The van der Waals surface area contributed by atoms with Crippen molar-refractivity contribution in [3.05, 3.63) is 65.7 Å². The van der Waals surface area contributed by atoms with Crippen molar-refractivity contribution in [2.24, 2.45) is 0 Å². The highest BCUT2D eigenvalue weighted by molar-refractivity contribution is 7.88. The van der Waals surface area contributed by atoms with Crippen molar-refractivity contribution in [3.63, 3.8) is 0 Å². The Morgan fingerprint density at radius 3 is 2.16 bits per heavy atom. The molecule has 0 aliphatic carbocycles. The summed E-state index contributed by atoms with van der Waals surface area (Å²) in [5.41, 5.74) is 0.276. The van der Waals surface area contributed by atoms with Crippen LogP contribution in [0.5, 0.6) is 0 Å². The standard InChI is InChI=1S/C21H24F3N3O3S/c1-25(31(2,29)30)19(16-7-4-3-5-8-16)20(28)27-13-11-26(12-14-27)18-10-6-9-17(15-18)21(22,23)24/h3-10,15,19H,11-14H2,1-2H3/t19-/m0/s1. The Labute approximate surface area is 179 Å². The van der Waals surface area contributed by atoms with Crippen molar-refractivity contribution < 1.29 is 26.4 Å². The van der Waals surface area contributed by atoms with Crippen LogP contribution in [-0.4, -0.2) is 63.0 Å². The van der Waals surface area contributed by atoms with Gasteiger partial charge in [0, 0.05) is 38.9 Å². The molecular weight excluding hydrogens is 431 g/mol. The molecule has 1 amide bonds. The minimum Gasteiger partial charge on any atom is -0.368 e. The molecule has 0 saturated carbocycles. The average Bonchev–Trinajstić information content (AvgIpc) is 2.73. The van der Waals surface area contributed by atoms with E-state index in [0.717, 1.165) is 22.7 Å². The lowest BCUT2D eigenvalue weighted by Gasteiger charge is -2.39. The molecule has 6 nitrogen and oxygen atoms in total. The van der Waals surface area contributed by atoms with Gasteiger partial charge in [0.15, 0.2) is 0 Å². The van der Waals surface area contributed by atoms with Crippen LogP contribution in [0.4, 0.5) is 18.9 Å². The fourth-order valence-corrected chi connectivity index (χ4v) is 4.17. The predicted octanol–water partition coefficient (Wildman–Crippen LogP) is 2.99. The zero-order valence-corrected chi connectivity index (χ0v) is 18.0. The topological polar surface area (TPSA) is 60.9 Å². The lowest BCUT2D eigenvalue weighted by atomic mass is 10.1. The first kappa shape index (κ1) is 23.1. The maximum atomic E-state index is 13.3. The lowest BCUT2D eigenvalue weighted by Crippen LogP contribution is -2.52. The van der Waals surface area contributed by atoms with Crippen LogP contribution in [0.25, 0.3) is 0 Å². The fraction of sp³-hybridized carbons (Fsp3) is 0.381. The third-order valence-electron chi connectivity index (χ3n) is 5.37. The van der Waals surface area contributed by atoms with Gasteiger partial charge in [-0.2, -0.15) is 17.5 Å². The number of amides is 1. The Morgan fingerprint density at radius 1 is 1.00 bits per heavy atom. The number of halogens is 3. The zero-order valence-electron chi connectivity index (χ0n) is 17.2. The second-order valence-electron chi connectivity index (χ2n) is 7.45. The number of alkyl halides is 3. The van der Waals surface area contributed by atoms with Gasteiger partial charge >= 0.3 is 6.18 Å². The summed E-state index contributed by atoms with van der Waals surface area (Å²) < 4.78 is 64.3. The van der Waals surface area contributed by atoms with Crippen LogP contribution in [0.2, 0.25) is 0 Å². The quantitative estimate of drug-likeness (QED) is 0.696. The Morgan fingerprint density at radius 2 is 1.61 bits per heavy atom.